The Morgan fingerprint density at radius 3 is 2.15 bits per heavy atom. The maximum atomic E-state index is 14.5. The molecule has 3 rings (SSSR count). The van der Waals surface area contributed by atoms with Crippen LogP contribution in [0.2, 0.25) is 0 Å². The van der Waals surface area contributed by atoms with E-state index in [-0.39, 0.29) is 48.8 Å². The van der Waals surface area contributed by atoms with E-state index in [1.54, 1.807) is 20.8 Å². The summed E-state index contributed by atoms with van der Waals surface area (Å²) in [6.45, 7) is 16.7. The highest BCUT2D eigenvalue weighted by Gasteiger charge is 2.50. The molecule has 3 fully saturated rings. The van der Waals surface area contributed by atoms with Crippen LogP contribution in [-0.4, -0.2) is 102 Å². The Balaban J connectivity index is 1.88. The van der Waals surface area contributed by atoms with E-state index in [2.05, 4.69) is 27.8 Å². The molecule has 5 unspecified atom stereocenters. The van der Waals surface area contributed by atoms with Gasteiger partial charge in [-0.15, -0.1) is 6.58 Å². The number of carbonyl (C=O) groups is 5. The van der Waals surface area contributed by atoms with Crippen molar-refractivity contribution < 1.29 is 37.5 Å². The van der Waals surface area contributed by atoms with Crippen molar-refractivity contribution in [3.05, 3.63) is 12.7 Å². The van der Waals surface area contributed by atoms with Crippen LogP contribution in [0.4, 0.5) is 4.79 Å². The van der Waals surface area contributed by atoms with Gasteiger partial charge in [0.25, 0.3) is 5.91 Å². The number of ketones is 1. The van der Waals surface area contributed by atoms with Gasteiger partial charge in [0.15, 0.2) is 9.84 Å². The van der Waals surface area contributed by atoms with Crippen molar-refractivity contribution in [1.29, 1.82) is 0 Å². The van der Waals surface area contributed by atoms with Crippen LogP contribution in [-0.2, 0) is 29.0 Å². The van der Waals surface area contributed by atoms with E-state index in [0.717, 1.165) is 32.1 Å². The third-order valence-electron chi connectivity index (χ3n) is 10.7. The minimum Gasteiger partial charge on any atom is -0.392 e. The van der Waals surface area contributed by atoms with Crippen LogP contribution in [0, 0.1) is 29.1 Å². The summed E-state index contributed by atoms with van der Waals surface area (Å²) in [5, 5.41) is 22.4. The highest BCUT2D eigenvalue weighted by Crippen LogP contribution is 2.36. The van der Waals surface area contributed by atoms with Crippen molar-refractivity contribution in [2.75, 3.05) is 24.6 Å². The first-order chi connectivity index (χ1) is 24.2. The van der Waals surface area contributed by atoms with Gasteiger partial charge in [0, 0.05) is 19.0 Å². The summed E-state index contributed by atoms with van der Waals surface area (Å²) >= 11 is 0. The lowest BCUT2D eigenvalue weighted by Gasteiger charge is -2.40. The molecule has 5 atom stereocenters. The van der Waals surface area contributed by atoms with Gasteiger partial charge >= 0.3 is 6.03 Å². The maximum Gasteiger partial charge on any atom is 0.315 e. The fraction of sp³-hybridized carbons (Fsp3) is 0.816. The molecule has 0 aromatic heterocycles. The Kier molecular flexibility index (Phi) is 15.3. The van der Waals surface area contributed by atoms with Gasteiger partial charge in [0.2, 0.25) is 17.6 Å². The Morgan fingerprint density at radius 2 is 1.62 bits per heavy atom. The average molecular weight is 752 g/mol. The fourth-order valence-corrected chi connectivity index (χ4v) is 9.68. The van der Waals surface area contributed by atoms with E-state index in [9.17, 15) is 37.5 Å². The number of aliphatic hydroxyl groups excluding tert-OH is 1. The number of rotatable bonds is 18. The minimum atomic E-state index is -3.47. The van der Waals surface area contributed by atoms with Crippen molar-refractivity contribution in [2.45, 2.75) is 142 Å². The molecule has 3 aliphatic rings. The molecule has 0 aromatic rings. The normalized spacial score (nSPS) is 22.3. The zero-order chi connectivity index (χ0) is 39.0. The van der Waals surface area contributed by atoms with E-state index >= 15 is 0 Å². The molecule has 13 nitrogen and oxygen atoms in total. The molecule has 0 radical (unpaired) electrons. The molecule has 0 spiro atoms. The smallest absolute Gasteiger partial charge is 0.315 e. The molecular weight excluding hydrogens is 687 g/mol. The van der Waals surface area contributed by atoms with Gasteiger partial charge in [0.1, 0.15) is 12.1 Å². The Morgan fingerprint density at radius 1 is 0.981 bits per heavy atom. The number of nitrogens with zero attached hydrogens (tertiary/aromatic N) is 1. The van der Waals surface area contributed by atoms with Crippen LogP contribution in [0.1, 0.15) is 113 Å². The quantitative estimate of drug-likeness (QED) is 0.104. The Hall–Kier alpha value is -3.00. The highest BCUT2D eigenvalue weighted by atomic mass is 32.2. The highest BCUT2D eigenvalue weighted by molar-refractivity contribution is 7.91. The van der Waals surface area contributed by atoms with Crippen LogP contribution in [0.3, 0.4) is 0 Å². The van der Waals surface area contributed by atoms with Gasteiger partial charge in [-0.2, -0.15) is 0 Å². The monoisotopic (exact) mass is 751 g/mol. The lowest BCUT2D eigenvalue weighted by Crippen LogP contribution is -2.64. The second-order valence-corrected chi connectivity index (χ2v) is 19.5. The van der Waals surface area contributed by atoms with E-state index < -0.39 is 80.5 Å². The van der Waals surface area contributed by atoms with Gasteiger partial charge in [-0.1, -0.05) is 86.6 Å². The molecular formula is C38H65N5O8S. The first-order valence-electron chi connectivity index (χ1n) is 19.2. The van der Waals surface area contributed by atoms with Crippen LogP contribution >= 0.6 is 0 Å². The predicted octanol–water partition coefficient (Wildman–Crippen LogP) is 3.25. The molecule has 1 heterocycles. The number of hydrogen-bond donors (Lipinski definition) is 5. The van der Waals surface area contributed by atoms with E-state index in [1.165, 1.54) is 11.0 Å². The van der Waals surface area contributed by atoms with Crippen LogP contribution in [0.15, 0.2) is 12.7 Å². The number of sulfone groups is 1. The Bertz CT molecular complexity index is 1400. The van der Waals surface area contributed by atoms with Gasteiger partial charge in [-0.25, -0.2) is 13.2 Å². The molecule has 2 saturated carbocycles. The van der Waals surface area contributed by atoms with Crippen molar-refractivity contribution in [3.63, 3.8) is 0 Å². The second kappa shape index (κ2) is 18.4. The molecule has 5 amide bonds. The molecule has 5 N–H and O–H groups in total. The number of urea groups is 1. The first kappa shape index (κ1) is 43.4. The van der Waals surface area contributed by atoms with Crippen LogP contribution in [0.25, 0.3) is 0 Å². The number of carbonyl (C=O) groups excluding carboxylic acids is 5. The number of likely N-dealkylation sites (tertiary alicyclic amines) is 1. The number of amides is 5. The molecule has 296 valence electrons. The van der Waals surface area contributed by atoms with E-state index in [4.69, 9.17) is 0 Å². The first-order valence-corrected chi connectivity index (χ1v) is 21.0. The van der Waals surface area contributed by atoms with Crippen LogP contribution < -0.4 is 21.3 Å². The lowest BCUT2D eigenvalue weighted by molar-refractivity contribution is -0.145. The SMILES string of the molecule is C=CCNC(=O)C(=O)C(CC1CC1)NC(=O)C1C(C(O)C(C)C)CCN1C(=O)C(NC(=O)NC1(CS(=O)(=O)CCC(C)C)CCCCC1)C(C)(C)C. The van der Waals surface area contributed by atoms with Crippen molar-refractivity contribution in [3.8, 4) is 0 Å². The van der Waals surface area contributed by atoms with Crippen molar-refractivity contribution >= 4 is 39.4 Å². The third kappa shape index (κ3) is 12.3. The van der Waals surface area contributed by atoms with Gasteiger partial charge in [-0.3, -0.25) is 19.2 Å². The summed E-state index contributed by atoms with van der Waals surface area (Å²) in [4.78, 5) is 69.8. The van der Waals surface area contributed by atoms with Gasteiger partial charge in [-0.05, 0) is 55.3 Å². The fourth-order valence-electron chi connectivity index (χ4n) is 7.50. The predicted molar refractivity (Wildman–Crippen MR) is 201 cm³/mol. The molecule has 14 heteroatoms. The van der Waals surface area contributed by atoms with Crippen molar-refractivity contribution in [1.82, 2.24) is 26.2 Å². The van der Waals surface area contributed by atoms with Gasteiger partial charge < -0.3 is 31.3 Å². The maximum absolute atomic E-state index is 14.5. The van der Waals surface area contributed by atoms with Crippen molar-refractivity contribution in [2.24, 2.45) is 29.1 Å². The van der Waals surface area contributed by atoms with E-state index in [0.29, 0.717) is 25.7 Å². The lowest BCUT2D eigenvalue weighted by atomic mass is 9.83. The summed E-state index contributed by atoms with van der Waals surface area (Å²) in [6.07, 6.45) is 6.87. The average Bonchev–Trinajstić information content (AvgIpc) is 3.77. The van der Waals surface area contributed by atoms with Crippen LogP contribution in [0.5, 0.6) is 0 Å². The largest absolute Gasteiger partial charge is 0.392 e. The summed E-state index contributed by atoms with van der Waals surface area (Å²) in [5.41, 5.74) is -1.80. The zero-order valence-corrected chi connectivity index (χ0v) is 33.3. The number of aliphatic hydroxyl groups is 1. The van der Waals surface area contributed by atoms with E-state index in [1.807, 2.05) is 27.7 Å². The molecule has 0 bridgehead atoms. The third-order valence-corrected chi connectivity index (χ3v) is 12.6. The molecule has 1 saturated heterocycles. The molecule has 0 aromatic carbocycles. The summed E-state index contributed by atoms with van der Waals surface area (Å²) in [6, 6.07) is -4.05. The topological polar surface area (TPSA) is 191 Å². The molecule has 2 aliphatic carbocycles. The summed E-state index contributed by atoms with van der Waals surface area (Å²) in [5.74, 6) is -3.43. The number of nitrogens with one attached hydrogen (secondary N) is 4. The van der Waals surface area contributed by atoms with Gasteiger partial charge in [0.05, 0.1) is 29.2 Å². The number of hydrogen-bond acceptors (Lipinski definition) is 8. The summed E-state index contributed by atoms with van der Waals surface area (Å²) < 4.78 is 26.4. The minimum absolute atomic E-state index is 0.0350. The standard InChI is InChI=1S/C38H65N5O8S/c1-9-19-39-34(47)31(45)28(22-26-13-14-26)40-33(46)29-27(30(44)25(4)5)15-20-43(29)35(48)32(37(6,7)8)41-36(49)42-38(17-11-10-12-18-38)23-52(50,51)21-16-24(2)3/h9,24-30,32,44H,1,10-23H2,2-8H3,(H,39,47)(H,40,46)(H2,41,42,49). The molecule has 1 aliphatic heterocycles. The number of Topliss-reactive ketones (excluding diaryl/α,β-unsaturated/α-hetero) is 1. The zero-order valence-electron chi connectivity index (χ0n) is 32.5. The molecule has 52 heavy (non-hydrogen) atoms. The second-order valence-electron chi connectivity index (χ2n) is 17.3. The summed E-state index contributed by atoms with van der Waals surface area (Å²) in [7, 11) is -3.47. The Labute approximate surface area is 311 Å².